The number of esters is 1. The number of carbonyl (C=O) groups excluding carboxylic acids is 1. The Kier molecular flexibility index (Phi) is 6.44. The van der Waals surface area contributed by atoms with E-state index in [0.29, 0.717) is 36.7 Å². The lowest BCUT2D eigenvalue weighted by molar-refractivity contribution is -0.141. The quantitative estimate of drug-likeness (QED) is 0.739. The molecule has 0 aliphatic carbocycles. The Hall–Kier alpha value is -1.99. The molecule has 1 aliphatic heterocycles. The molecule has 4 nitrogen and oxygen atoms in total. The predicted octanol–water partition coefficient (Wildman–Crippen LogP) is 4.36. The van der Waals surface area contributed by atoms with Crippen LogP contribution in [0.25, 0.3) is 11.1 Å². The van der Waals surface area contributed by atoms with Gasteiger partial charge in [0.2, 0.25) is 0 Å². The molecule has 1 aromatic heterocycles. The van der Waals surface area contributed by atoms with Crippen LogP contribution in [-0.4, -0.2) is 30.8 Å². The van der Waals surface area contributed by atoms with Crippen LogP contribution in [0.4, 0.5) is 14.5 Å². The third kappa shape index (κ3) is 4.84. The number of rotatable bonds is 6. The fourth-order valence-electron chi connectivity index (χ4n) is 3.46. The zero-order chi connectivity index (χ0) is 19.4. The molecule has 0 bridgehead atoms. The summed E-state index contributed by atoms with van der Waals surface area (Å²) in [5.41, 5.74) is 1.20. The lowest BCUT2D eigenvalue weighted by atomic mass is 9.93. The Labute approximate surface area is 161 Å². The summed E-state index contributed by atoms with van der Waals surface area (Å²) in [7, 11) is 0. The molecule has 1 aromatic carbocycles. The van der Waals surface area contributed by atoms with Gasteiger partial charge in [0.05, 0.1) is 13.2 Å². The zero-order valence-corrected chi connectivity index (χ0v) is 16.0. The summed E-state index contributed by atoms with van der Waals surface area (Å²) >= 11 is 1.36. The minimum absolute atomic E-state index is 0.0230. The van der Waals surface area contributed by atoms with E-state index in [1.165, 1.54) is 30.4 Å². The normalized spacial score (nSPS) is 15.2. The summed E-state index contributed by atoms with van der Waals surface area (Å²) in [6.45, 7) is 2.85. The van der Waals surface area contributed by atoms with Gasteiger partial charge in [0.15, 0.2) is 0 Å². The van der Waals surface area contributed by atoms with Crippen molar-refractivity contribution in [3.63, 3.8) is 0 Å². The number of carbonyl (C=O) groups is 1. The molecule has 0 unspecified atom stereocenters. The third-order valence-corrected chi connectivity index (χ3v) is 5.84. The maximum Gasteiger partial charge on any atom is 0.302 e. The van der Waals surface area contributed by atoms with Crippen molar-refractivity contribution in [3.05, 3.63) is 40.1 Å². The Morgan fingerprint density at radius 2 is 1.89 bits per heavy atom. The highest BCUT2D eigenvalue weighted by atomic mass is 32.1. The van der Waals surface area contributed by atoms with E-state index >= 15 is 0 Å². The van der Waals surface area contributed by atoms with Crippen LogP contribution in [0.1, 0.15) is 31.1 Å². The van der Waals surface area contributed by atoms with E-state index in [1.807, 2.05) is 0 Å². The van der Waals surface area contributed by atoms with Crippen molar-refractivity contribution >= 4 is 23.0 Å². The van der Waals surface area contributed by atoms with Crippen molar-refractivity contribution < 1.29 is 23.4 Å². The number of piperidine rings is 1. The molecule has 7 heteroatoms. The number of anilines is 1. The molecule has 1 fully saturated rings. The fraction of sp³-hybridized carbons (Fsp3) is 0.450. The monoisotopic (exact) mass is 395 g/mol. The summed E-state index contributed by atoms with van der Waals surface area (Å²) < 4.78 is 34.3. The van der Waals surface area contributed by atoms with Crippen molar-refractivity contribution in [2.45, 2.75) is 32.8 Å². The van der Waals surface area contributed by atoms with Gasteiger partial charge < -0.3 is 14.7 Å². The van der Waals surface area contributed by atoms with Gasteiger partial charge in [-0.2, -0.15) is 0 Å². The largest absolute Gasteiger partial charge is 0.466 e. The first-order chi connectivity index (χ1) is 13.0. The van der Waals surface area contributed by atoms with Crippen LogP contribution < -0.4 is 4.90 Å². The maximum absolute atomic E-state index is 14.7. The van der Waals surface area contributed by atoms with E-state index < -0.39 is 11.6 Å². The highest BCUT2D eigenvalue weighted by Gasteiger charge is 2.24. The van der Waals surface area contributed by atoms with Crippen molar-refractivity contribution in [1.82, 2.24) is 0 Å². The van der Waals surface area contributed by atoms with Crippen molar-refractivity contribution in [2.75, 3.05) is 24.6 Å². The van der Waals surface area contributed by atoms with Gasteiger partial charge in [0, 0.05) is 24.9 Å². The number of hydrogen-bond acceptors (Lipinski definition) is 5. The highest BCUT2D eigenvalue weighted by molar-refractivity contribution is 7.10. The van der Waals surface area contributed by atoms with Crippen LogP contribution in [-0.2, 0) is 16.1 Å². The second-order valence-electron chi connectivity index (χ2n) is 6.81. The van der Waals surface area contributed by atoms with E-state index in [1.54, 1.807) is 16.3 Å². The van der Waals surface area contributed by atoms with Crippen LogP contribution in [0, 0.1) is 17.6 Å². The van der Waals surface area contributed by atoms with Gasteiger partial charge in [-0.15, -0.1) is 11.3 Å². The smallest absolute Gasteiger partial charge is 0.302 e. The van der Waals surface area contributed by atoms with Crippen LogP contribution in [0.2, 0.25) is 0 Å². The molecule has 0 radical (unpaired) electrons. The Morgan fingerprint density at radius 3 is 2.44 bits per heavy atom. The van der Waals surface area contributed by atoms with Gasteiger partial charge >= 0.3 is 5.97 Å². The summed E-state index contributed by atoms with van der Waals surface area (Å²) in [4.78, 5) is 13.3. The molecule has 2 heterocycles. The molecule has 27 heavy (non-hydrogen) atoms. The van der Waals surface area contributed by atoms with E-state index in [4.69, 9.17) is 9.84 Å². The lowest BCUT2D eigenvalue weighted by Crippen LogP contribution is -2.35. The standard InChI is InChI=1S/C20H23F2NO3S/c1-13(25)26-7-4-14-2-5-23(6-3-14)20-18(21)9-15(10-19(20)22)16-8-17(11-24)27-12-16/h8-10,12,14,24H,2-7,11H2,1H3. The summed E-state index contributed by atoms with van der Waals surface area (Å²) in [5.74, 6) is -1.03. The number of benzene rings is 1. The number of halogens is 2. The number of ether oxygens (including phenoxy) is 1. The van der Waals surface area contributed by atoms with Crippen molar-refractivity contribution in [1.29, 1.82) is 0 Å². The number of aliphatic hydroxyl groups is 1. The average Bonchev–Trinajstić information content (AvgIpc) is 3.11. The second kappa shape index (κ2) is 8.80. The Morgan fingerprint density at radius 1 is 1.22 bits per heavy atom. The van der Waals surface area contributed by atoms with Crippen LogP contribution >= 0.6 is 11.3 Å². The van der Waals surface area contributed by atoms with Gasteiger partial charge in [-0.1, -0.05) is 0 Å². The summed E-state index contributed by atoms with van der Waals surface area (Å²) in [5, 5.41) is 10.9. The van der Waals surface area contributed by atoms with Crippen LogP contribution in [0.5, 0.6) is 0 Å². The van der Waals surface area contributed by atoms with Gasteiger partial charge in [-0.05, 0) is 59.9 Å². The summed E-state index contributed by atoms with van der Waals surface area (Å²) in [6, 6.07) is 4.45. The van der Waals surface area contributed by atoms with Crippen molar-refractivity contribution in [2.24, 2.45) is 5.92 Å². The zero-order valence-electron chi connectivity index (χ0n) is 15.2. The molecule has 0 spiro atoms. The molecular formula is C20H23F2NO3S. The van der Waals surface area contributed by atoms with Gasteiger partial charge in [0.25, 0.3) is 0 Å². The number of nitrogens with zero attached hydrogens (tertiary/aromatic N) is 1. The molecule has 3 rings (SSSR count). The van der Waals surface area contributed by atoms with Crippen LogP contribution in [0.15, 0.2) is 23.6 Å². The molecule has 0 saturated carbocycles. The maximum atomic E-state index is 14.7. The molecule has 1 saturated heterocycles. The molecule has 1 aliphatic rings. The van der Waals surface area contributed by atoms with Gasteiger partial charge in [-0.25, -0.2) is 8.78 Å². The Balaban J connectivity index is 1.66. The van der Waals surface area contributed by atoms with E-state index in [9.17, 15) is 13.6 Å². The first-order valence-corrected chi connectivity index (χ1v) is 9.92. The minimum atomic E-state index is -0.569. The van der Waals surface area contributed by atoms with Crippen LogP contribution in [0.3, 0.4) is 0 Å². The average molecular weight is 395 g/mol. The SMILES string of the molecule is CC(=O)OCCC1CCN(c2c(F)cc(-c3csc(CO)c3)cc2F)CC1. The van der Waals surface area contributed by atoms with E-state index in [-0.39, 0.29) is 18.3 Å². The van der Waals surface area contributed by atoms with E-state index in [2.05, 4.69) is 0 Å². The molecule has 0 amide bonds. The minimum Gasteiger partial charge on any atom is -0.466 e. The number of aliphatic hydroxyl groups excluding tert-OH is 1. The van der Waals surface area contributed by atoms with Gasteiger partial charge in [-0.3, -0.25) is 4.79 Å². The third-order valence-electron chi connectivity index (χ3n) is 4.92. The topological polar surface area (TPSA) is 49.8 Å². The number of hydrogen-bond donors (Lipinski definition) is 1. The molecular weight excluding hydrogens is 372 g/mol. The Bertz CT molecular complexity index is 777. The van der Waals surface area contributed by atoms with E-state index in [0.717, 1.165) is 24.1 Å². The second-order valence-corrected chi connectivity index (χ2v) is 7.80. The summed E-state index contributed by atoms with van der Waals surface area (Å²) in [6.07, 6.45) is 2.40. The number of thiophene rings is 1. The first-order valence-electron chi connectivity index (χ1n) is 9.04. The lowest BCUT2D eigenvalue weighted by Gasteiger charge is -2.34. The van der Waals surface area contributed by atoms with Gasteiger partial charge in [0.1, 0.15) is 17.3 Å². The first kappa shape index (κ1) is 19.8. The van der Waals surface area contributed by atoms with Crippen molar-refractivity contribution in [3.8, 4) is 11.1 Å². The molecule has 1 N–H and O–H groups in total. The highest BCUT2D eigenvalue weighted by Crippen LogP contribution is 2.34. The molecule has 146 valence electrons. The molecule has 0 atom stereocenters. The fourth-order valence-corrected chi connectivity index (χ4v) is 4.22. The molecule has 2 aromatic rings. The predicted molar refractivity (Wildman–Crippen MR) is 102 cm³/mol.